The van der Waals surface area contributed by atoms with Gasteiger partial charge in [0, 0.05) is 5.56 Å². The average Bonchev–Trinajstić information content (AvgIpc) is 2.15. The molecule has 1 atom stereocenters. The fraction of sp³-hybridized carbons (Fsp3) is 0.364. The normalized spacial score (nSPS) is 19.8. The summed E-state index contributed by atoms with van der Waals surface area (Å²) in [6.45, 7) is 2.60. The van der Waals surface area contributed by atoms with Crippen molar-refractivity contribution in [3.05, 3.63) is 29.8 Å². The lowest BCUT2D eigenvalue weighted by Crippen LogP contribution is -2.41. The number of hydrogen-bond donors (Lipinski definition) is 1. The van der Waals surface area contributed by atoms with E-state index in [9.17, 15) is 4.79 Å². The second-order valence-electron chi connectivity index (χ2n) is 3.30. The van der Waals surface area contributed by atoms with E-state index in [1.807, 2.05) is 31.2 Å². The summed E-state index contributed by atoms with van der Waals surface area (Å²) in [4.78, 5) is 10.8. The van der Waals surface area contributed by atoms with Gasteiger partial charge >= 0.3 is 0 Å². The molecule has 1 N–H and O–H groups in total. The van der Waals surface area contributed by atoms with Gasteiger partial charge in [0.15, 0.2) is 0 Å². The summed E-state index contributed by atoms with van der Waals surface area (Å²) in [5.41, 5.74) is 1.08. The molecule has 1 aliphatic rings. The first-order valence-electron chi connectivity index (χ1n) is 4.82. The second kappa shape index (κ2) is 3.70. The number of carbonyl (C=O) groups is 1. The fourth-order valence-corrected chi connectivity index (χ4v) is 1.60. The van der Waals surface area contributed by atoms with E-state index in [0.717, 1.165) is 11.3 Å². The molecule has 1 aliphatic heterocycles. The number of ether oxygens (including phenoxy) is 1. The van der Waals surface area contributed by atoms with E-state index in [2.05, 4.69) is 5.32 Å². The summed E-state index contributed by atoms with van der Waals surface area (Å²) in [7, 11) is 0. The first-order valence-corrected chi connectivity index (χ1v) is 4.82. The first kappa shape index (κ1) is 9.06. The molecule has 1 amide bonds. The number of para-hydroxylation sites is 1. The Morgan fingerprint density at radius 3 is 2.86 bits per heavy atom. The zero-order chi connectivity index (χ0) is 9.97. The van der Waals surface area contributed by atoms with Gasteiger partial charge in [-0.2, -0.15) is 0 Å². The largest absolute Gasteiger partial charge is 0.494 e. The van der Waals surface area contributed by atoms with Gasteiger partial charge in [-0.1, -0.05) is 18.2 Å². The van der Waals surface area contributed by atoms with Crippen LogP contribution in [0.4, 0.5) is 0 Å². The Bertz CT molecular complexity index is 341. The topological polar surface area (TPSA) is 38.3 Å². The highest BCUT2D eigenvalue weighted by molar-refractivity contribution is 5.83. The maximum atomic E-state index is 10.8. The summed E-state index contributed by atoms with van der Waals surface area (Å²) in [6.07, 6.45) is 0.573. The minimum absolute atomic E-state index is 0.112. The number of nitrogens with one attached hydrogen (secondary N) is 1. The van der Waals surface area contributed by atoms with E-state index in [1.165, 1.54) is 0 Å². The molecule has 3 heteroatoms. The molecule has 0 spiro atoms. The molecule has 2 rings (SSSR count). The Hall–Kier alpha value is -1.51. The zero-order valence-corrected chi connectivity index (χ0v) is 8.12. The Morgan fingerprint density at radius 1 is 1.50 bits per heavy atom. The Balaban J connectivity index is 2.19. The van der Waals surface area contributed by atoms with Crippen LogP contribution in [0.1, 0.15) is 24.9 Å². The van der Waals surface area contributed by atoms with E-state index in [-0.39, 0.29) is 11.9 Å². The standard InChI is InChI=1S/C11H13NO2/c1-2-14-10-6-4-3-5-8(10)9-7-11(13)12-9/h3-6,9H,2,7H2,1H3,(H,12,13). The summed E-state index contributed by atoms with van der Waals surface area (Å²) >= 11 is 0. The quantitative estimate of drug-likeness (QED) is 0.738. The Labute approximate surface area is 83.1 Å². The van der Waals surface area contributed by atoms with Crippen molar-refractivity contribution in [3.63, 3.8) is 0 Å². The van der Waals surface area contributed by atoms with Crippen molar-refractivity contribution in [2.45, 2.75) is 19.4 Å². The van der Waals surface area contributed by atoms with Crippen LogP contribution >= 0.6 is 0 Å². The lowest BCUT2D eigenvalue weighted by atomic mass is 9.96. The molecule has 0 aromatic heterocycles. The lowest BCUT2D eigenvalue weighted by molar-refractivity contribution is -0.128. The lowest BCUT2D eigenvalue weighted by Gasteiger charge is -2.28. The van der Waals surface area contributed by atoms with E-state index in [1.54, 1.807) is 0 Å². The molecule has 1 unspecified atom stereocenters. The Morgan fingerprint density at radius 2 is 2.21 bits per heavy atom. The highest BCUT2D eigenvalue weighted by atomic mass is 16.5. The number of carbonyl (C=O) groups excluding carboxylic acids is 1. The predicted molar refractivity (Wildman–Crippen MR) is 53.1 cm³/mol. The molecule has 1 saturated heterocycles. The van der Waals surface area contributed by atoms with Gasteiger partial charge in [-0.3, -0.25) is 4.79 Å². The summed E-state index contributed by atoms with van der Waals surface area (Å²) in [6, 6.07) is 7.97. The number of β-lactam (4-membered cyclic amide) rings is 1. The SMILES string of the molecule is CCOc1ccccc1C1CC(=O)N1. The van der Waals surface area contributed by atoms with Gasteiger partial charge < -0.3 is 10.1 Å². The van der Waals surface area contributed by atoms with E-state index >= 15 is 0 Å². The van der Waals surface area contributed by atoms with Crippen LogP contribution in [0.15, 0.2) is 24.3 Å². The number of benzene rings is 1. The van der Waals surface area contributed by atoms with Gasteiger partial charge in [-0.15, -0.1) is 0 Å². The van der Waals surface area contributed by atoms with Crippen LogP contribution < -0.4 is 10.1 Å². The van der Waals surface area contributed by atoms with E-state index < -0.39 is 0 Å². The van der Waals surface area contributed by atoms with Crippen molar-refractivity contribution in [1.29, 1.82) is 0 Å². The third kappa shape index (κ3) is 1.58. The first-order chi connectivity index (χ1) is 6.81. The van der Waals surface area contributed by atoms with Gasteiger partial charge in [0.25, 0.3) is 0 Å². The molecule has 3 nitrogen and oxygen atoms in total. The highest BCUT2D eigenvalue weighted by Gasteiger charge is 2.28. The maximum absolute atomic E-state index is 10.8. The molecular weight excluding hydrogens is 178 g/mol. The minimum Gasteiger partial charge on any atom is -0.494 e. The predicted octanol–water partition coefficient (Wildman–Crippen LogP) is 1.65. The fourth-order valence-electron chi connectivity index (χ4n) is 1.60. The van der Waals surface area contributed by atoms with Crippen molar-refractivity contribution in [2.75, 3.05) is 6.61 Å². The smallest absolute Gasteiger partial charge is 0.222 e. The number of amides is 1. The molecule has 1 heterocycles. The molecule has 0 radical (unpaired) electrons. The molecule has 14 heavy (non-hydrogen) atoms. The van der Waals surface area contributed by atoms with Crippen molar-refractivity contribution in [2.24, 2.45) is 0 Å². The van der Waals surface area contributed by atoms with Crippen LogP contribution in [-0.2, 0) is 4.79 Å². The van der Waals surface area contributed by atoms with Crippen LogP contribution in [0.3, 0.4) is 0 Å². The van der Waals surface area contributed by atoms with E-state index in [0.29, 0.717) is 13.0 Å². The summed E-state index contributed by atoms with van der Waals surface area (Å²) < 4.78 is 5.48. The monoisotopic (exact) mass is 191 g/mol. The molecular formula is C11H13NO2. The van der Waals surface area contributed by atoms with Gasteiger partial charge in [0.1, 0.15) is 5.75 Å². The molecule has 1 aromatic rings. The average molecular weight is 191 g/mol. The van der Waals surface area contributed by atoms with Crippen molar-refractivity contribution >= 4 is 5.91 Å². The minimum atomic E-state index is 0.112. The molecule has 74 valence electrons. The van der Waals surface area contributed by atoms with Gasteiger partial charge in [0.05, 0.1) is 19.1 Å². The van der Waals surface area contributed by atoms with Crippen LogP contribution in [0, 0.1) is 0 Å². The molecule has 0 aliphatic carbocycles. The third-order valence-corrected chi connectivity index (χ3v) is 2.32. The summed E-state index contributed by atoms with van der Waals surface area (Å²) in [5.74, 6) is 0.987. The molecule has 0 saturated carbocycles. The van der Waals surface area contributed by atoms with Crippen LogP contribution in [-0.4, -0.2) is 12.5 Å². The molecule has 0 bridgehead atoms. The molecule has 1 fully saturated rings. The maximum Gasteiger partial charge on any atom is 0.222 e. The van der Waals surface area contributed by atoms with Crippen molar-refractivity contribution in [3.8, 4) is 5.75 Å². The molecule has 1 aromatic carbocycles. The van der Waals surface area contributed by atoms with Gasteiger partial charge in [-0.25, -0.2) is 0 Å². The highest BCUT2D eigenvalue weighted by Crippen LogP contribution is 2.31. The van der Waals surface area contributed by atoms with Crippen molar-refractivity contribution in [1.82, 2.24) is 5.32 Å². The van der Waals surface area contributed by atoms with Crippen molar-refractivity contribution < 1.29 is 9.53 Å². The van der Waals surface area contributed by atoms with Crippen LogP contribution in [0.2, 0.25) is 0 Å². The number of rotatable bonds is 3. The van der Waals surface area contributed by atoms with Gasteiger partial charge in [-0.05, 0) is 13.0 Å². The summed E-state index contributed by atoms with van der Waals surface area (Å²) in [5, 5.41) is 2.84. The number of hydrogen-bond acceptors (Lipinski definition) is 2. The zero-order valence-electron chi connectivity index (χ0n) is 8.12. The Kier molecular flexibility index (Phi) is 2.39. The van der Waals surface area contributed by atoms with Gasteiger partial charge in [0.2, 0.25) is 5.91 Å². The second-order valence-corrected chi connectivity index (χ2v) is 3.30. The third-order valence-electron chi connectivity index (χ3n) is 2.32. The van der Waals surface area contributed by atoms with Crippen LogP contribution in [0.5, 0.6) is 5.75 Å². The van der Waals surface area contributed by atoms with E-state index in [4.69, 9.17) is 4.74 Å². The van der Waals surface area contributed by atoms with Crippen LogP contribution in [0.25, 0.3) is 0 Å².